The molecule has 1 amide bonds. The highest BCUT2D eigenvalue weighted by Crippen LogP contribution is 2.26. The topological polar surface area (TPSA) is 44.6 Å². The number of aryl methyl sites for hydroxylation is 1. The van der Waals surface area contributed by atoms with E-state index in [1.807, 2.05) is 11.8 Å². The number of hydrogen-bond donors (Lipinski definition) is 0. The van der Waals surface area contributed by atoms with Crippen molar-refractivity contribution in [3.63, 3.8) is 0 Å². The highest BCUT2D eigenvalue weighted by molar-refractivity contribution is 5.76. The van der Waals surface area contributed by atoms with Crippen molar-refractivity contribution in [2.45, 2.75) is 19.8 Å². The van der Waals surface area contributed by atoms with Gasteiger partial charge in [0.15, 0.2) is 0 Å². The molecule has 0 spiro atoms. The SMILES string of the molecule is Cc1cnn(C(=O)N2CCN(c3cccc(N4CCCC4)c3)CC2)c1. The summed E-state index contributed by atoms with van der Waals surface area (Å²) in [6.45, 7) is 7.44. The molecule has 2 saturated heterocycles. The van der Waals surface area contributed by atoms with Crippen molar-refractivity contribution in [1.29, 1.82) is 0 Å². The van der Waals surface area contributed by atoms with Crippen LogP contribution in [-0.4, -0.2) is 60.0 Å². The minimum Gasteiger partial charge on any atom is -0.371 e. The summed E-state index contributed by atoms with van der Waals surface area (Å²) in [5.74, 6) is 0. The van der Waals surface area contributed by atoms with E-state index in [9.17, 15) is 4.79 Å². The molecule has 3 heterocycles. The Hall–Kier alpha value is -2.50. The number of benzene rings is 1. The van der Waals surface area contributed by atoms with Crippen LogP contribution in [0.15, 0.2) is 36.7 Å². The normalized spacial score (nSPS) is 18.0. The van der Waals surface area contributed by atoms with Gasteiger partial charge in [-0.3, -0.25) is 0 Å². The molecule has 2 aliphatic heterocycles. The number of piperazine rings is 1. The van der Waals surface area contributed by atoms with E-state index in [-0.39, 0.29) is 6.03 Å². The molecular weight excluding hydrogens is 314 g/mol. The Balaban J connectivity index is 1.40. The quantitative estimate of drug-likeness (QED) is 0.844. The Kier molecular flexibility index (Phi) is 4.34. The van der Waals surface area contributed by atoms with Gasteiger partial charge in [-0.25, -0.2) is 4.79 Å². The molecule has 0 unspecified atom stereocenters. The summed E-state index contributed by atoms with van der Waals surface area (Å²) in [6, 6.07) is 8.79. The van der Waals surface area contributed by atoms with Crippen molar-refractivity contribution in [2.24, 2.45) is 0 Å². The van der Waals surface area contributed by atoms with E-state index in [1.54, 1.807) is 12.4 Å². The maximum atomic E-state index is 12.5. The largest absolute Gasteiger partial charge is 0.371 e. The lowest BCUT2D eigenvalue weighted by Crippen LogP contribution is -2.50. The first-order valence-electron chi connectivity index (χ1n) is 9.11. The van der Waals surface area contributed by atoms with E-state index in [2.05, 4.69) is 39.2 Å². The highest BCUT2D eigenvalue weighted by atomic mass is 16.2. The van der Waals surface area contributed by atoms with Crippen molar-refractivity contribution in [1.82, 2.24) is 14.7 Å². The number of aromatic nitrogens is 2. The Morgan fingerprint density at radius 1 is 0.960 bits per heavy atom. The number of hydrogen-bond acceptors (Lipinski definition) is 4. The van der Waals surface area contributed by atoms with E-state index >= 15 is 0 Å². The number of carbonyl (C=O) groups excluding carboxylic acids is 1. The lowest BCUT2D eigenvalue weighted by molar-refractivity contribution is 0.193. The third-order valence-corrected chi connectivity index (χ3v) is 5.12. The molecule has 4 rings (SSSR count). The first-order chi connectivity index (χ1) is 12.2. The lowest BCUT2D eigenvalue weighted by atomic mass is 10.2. The van der Waals surface area contributed by atoms with Crippen molar-refractivity contribution >= 4 is 17.4 Å². The van der Waals surface area contributed by atoms with Crippen molar-refractivity contribution in [2.75, 3.05) is 49.1 Å². The molecule has 1 aromatic heterocycles. The summed E-state index contributed by atoms with van der Waals surface area (Å²) >= 11 is 0. The van der Waals surface area contributed by atoms with Gasteiger partial charge in [0.25, 0.3) is 0 Å². The van der Waals surface area contributed by atoms with Crippen molar-refractivity contribution < 1.29 is 4.79 Å². The van der Waals surface area contributed by atoms with E-state index < -0.39 is 0 Å². The number of anilines is 2. The number of amides is 1. The second-order valence-corrected chi connectivity index (χ2v) is 6.93. The Morgan fingerprint density at radius 3 is 2.20 bits per heavy atom. The Bertz CT molecular complexity index is 742. The van der Waals surface area contributed by atoms with Crippen LogP contribution in [-0.2, 0) is 0 Å². The number of carbonyl (C=O) groups is 1. The minimum atomic E-state index is -0.0291. The molecule has 132 valence electrons. The average molecular weight is 339 g/mol. The molecule has 0 bridgehead atoms. The second kappa shape index (κ2) is 6.78. The molecule has 6 heteroatoms. The van der Waals surface area contributed by atoms with Gasteiger partial charge in [-0.1, -0.05) is 6.07 Å². The lowest BCUT2D eigenvalue weighted by Gasteiger charge is -2.36. The van der Waals surface area contributed by atoms with E-state index in [0.29, 0.717) is 0 Å². The summed E-state index contributed by atoms with van der Waals surface area (Å²) in [7, 11) is 0. The monoisotopic (exact) mass is 339 g/mol. The molecule has 0 atom stereocenters. The van der Waals surface area contributed by atoms with Crippen LogP contribution < -0.4 is 9.80 Å². The van der Waals surface area contributed by atoms with Gasteiger partial charge < -0.3 is 14.7 Å². The predicted molar refractivity (Wildman–Crippen MR) is 99.4 cm³/mol. The molecule has 2 fully saturated rings. The zero-order chi connectivity index (χ0) is 17.2. The number of rotatable bonds is 2. The van der Waals surface area contributed by atoms with Gasteiger partial charge in [-0.15, -0.1) is 0 Å². The maximum absolute atomic E-state index is 12.5. The van der Waals surface area contributed by atoms with E-state index in [4.69, 9.17) is 0 Å². The van der Waals surface area contributed by atoms with Gasteiger partial charge in [-0.05, 0) is 43.5 Å². The minimum absolute atomic E-state index is 0.0291. The highest BCUT2D eigenvalue weighted by Gasteiger charge is 2.23. The fraction of sp³-hybridized carbons (Fsp3) is 0.474. The molecular formula is C19H25N5O. The van der Waals surface area contributed by atoms with Crippen molar-refractivity contribution in [3.8, 4) is 0 Å². The third-order valence-electron chi connectivity index (χ3n) is 5.12. The van der Waals surface area contributed by atoms with Crippen LogP contribution in [0.5, 0.6) is 0 Å². The van der Waals surface area contributed by atoms with E-state index in [0.717, 1.165) is 44.8 Å². The number of nitrogens with zero attached hydrogens (tertiary/aromatic N) is 5. The molecule has 0 radical (unpaired) electrons. The second-order valence-electron chi connectivity index (χ2n) is 6.93. The van der Waals surface area contributed by atoms with Crippen LogP contribution in [0.3, 0.4) is 0 Å². The van der Waals surface area contributed by atoms with Crippen LogP contribution in [0.1, 0.15) is 18.4 Å². The molecule has 0 saturated carbocycles. The molecule has 0 N–H and O–H groups in total. The Labute approximate surface area is 148 Å². The summed E-state index contributed by atoms with van der Waals surface area (Å²) in [6.07, 6.45) is 6.09. The third kappa shape index (κ3) is 3.34. The van der Waals surface area contributed by atoms with Gasteiger partial charge in [0.05, 0.1) is 6.20 Å². The predicted octanol–water partition coefficient (Wildman–Crippen LogP) is 2.58. The fourth-order valence-electron chi connectivity index (χ4n) is 3.68. The van der Waals surface area contributed by atoms with Crippen molar-refractivity contribution in [3.05, 3.63) is 42.2 Å². The molecule has 2 aromatic rings. The van der Waals surface area contributed by atoms with Gasteiger partial charge in [0.2, 0.25) is 0 Å². The van der Waals surface area contributed by atoms with Crippen LogP contribution >= 0.6 is 0 Å². The van der Waals surface area contributed by atoms with Gasteiger partial charge in [0.1, 0.15) is 0 Å². The smallest absolute Gasteiger partial charge is 0.344 e. The van der Waals surface area contributed by atoms with Crippen LogP contribution in [0.25, 0.3) is 0 Å². The first-order valence-corrected chi connectivity index (χ1v) is 9.11. The first kappa shape index (κ1) is 16.0. The van der Waals surface area contributed by atoms with Crippen LogP contribution in [0.2, 0.25) is 0 Å². The van der Waals surface area contributed by atoms with Crippen LogP contribution in [0.4, 0.5) is 16.2 Å². The summed E-state index contributed by atoms with van der Waals surface area (Å²) in [5.41, 5.74) is 3.58. The summed E-state index contributed by atoms with van der Waals surface area (Å²) in [5, 5.41) is 4.13. The standard InChI is InChI=1S/C19H25N5O/c1-16-14-20-24(15-16)19(25)23-11-9-22(10-12-23)18-6-4-5-17(13-18)21-7-2-3-8-21/h4-6,13-15H,2-3,7-12H2,1H3. The summed E-state index contributed by atoms with van der Waals surface area (Å²) < 4.78 is 1.44. The van der Waals surface area contributed by atoms with Gasteiger partial charge >= 0.3 is 6.03 Å². The molecule has 1 aromatic carbocycles. The molecule has 0 aliphatic carbocycles. The Morgan fingerprint density at radius 2 is 1.60 bits per heavy atom. The maximum Gasteiger partial charge on any atom is 0.344 e. The summed E-state index contributed by atoms with van der Waals surface area (Å²) in [4.78, 5) is 19.2. The molecule has 6 nitrogen and oxygen atoms in total. The zero-order valence-corrected chi connectivity index (χ0v) is 14.8. The van der Waals surface area contributed by atoms with Crippen LogP contribution in [0, 0.1) is 6.92 Å². The zero-order valence-electron chi connectivity index (χ0n) is 14.8. The van der Waals surface area contributed by atoms with Gasteiger partial charge in [0, 0.05) is 56.8 Å². The van der Waals surface area contributed by atoms with Gasteiger partial charge in [-0.2, -0.15) is 9.78 Å². The average Bonchev–Trinajstić information content (AvgIpc) is 3.33. The molecule has 2 aliphatic rings. The molecule has 25 heavy (non-hydrogen) atoms. The fourth-order valence-corrected chi connectivity index (χ4v) is 3.68. The van der Waals surface area contributed by atoms with E-state index in [1.165, 1.54) is 28.9 Å².